The Morgan fingerprint density at radius 1 is 1.48 bits per heavy atom. The van der Waals surface area contributed by atoms with E-state index in [0.717, 1.165) is 12.8 Å². The van der Waals surface area contributed by atoms with E-state index in [1.807, 2.05) is 6.92 Å². The van der Waals surface area contributed by atoms with E-state index >= 15 is 0 Å². The van der Waals surface area contributed by atoms with E-state index < -0.39 is 10.0 Å². The summed E-state index contributed by atoms with van der Waals surface area (Å²) in [5, 5.41) is 0.368. The van der Waals surface area contributed by atoms with Gasteiger partial charge in [0.25, 0.3) is 0 Å². The van der Waals surface area contributed by atoms with Gasteiger partial charge in [-0.15, -0.1) is 0 Å². The first kappa shape index (κ1) is 16.5. The molecular weight excluding hydrogens is 312 g/mol. The number of benzene rings is 1. The summed E-state index contributed by atoms with van der Waals surface area (Å²) in [5.41, 5.74) is 6.91. The van der Waals surface area contributed by atoms with Gasteiger partial charge in [0.1, 0.15) is 0 Å². The molecule has 0 aromatic heterocycles. The van der Waals surface area contributed by atoms with Crippen molar-refractivity contribution in [2.75, 3.05) is 25.4 Å². The molecule has 118 valence electrons. The number of nitrogens with zero attached hydrogens (tertiary/aromatic N) is 1. The van der Waals surface area contributed by atoms with Crippen LogP contribution in [0.2, 0.25) is 5.02 Å². The molecule has 2 N–H and O–H groups in total. The maximum atomic E-state index is 12.7. The fourth-order valence-corrected chi connectivity index (χ4v) is 4.33. The van der Waals surface area contributed by atoms with Crippen LogP contribution in [0.1, 0.15) is 25.3 Å². The molecule has 0 radical (unpaired) electrons. The van der Waals surface area contributed by atoms with Crippen molar-refractivity contribution in [2.45, 2.75) is 37.7 Å². The van der Waals surface area contributed by atoms with Crippen molar-refractivity contribution in [1.29, 1.82) is 0 Å². The lowest BCUT2D eigenvalue weighted by Crippen LogP contribution is -2.43. The van der Waals surface area contributed by atoms with Crippen molar-refractivity contribution < 1.29 is 13.2 Å². The van der Waals surface area contributed by atoms with Gasteiger partial charge in [0.2, 0.25) is 10.0 Å². The van der Waals surface area contributed by atoms with E-state index in [4.69, 9.17) is 22.1 Å². The summed E-state index contributed by atoms with van der Waals surface area (Å²) in [6, 6.07) is 2.94. The molecule has 1 atom stereocenters. The third-order valence-corrected chi connectivity index (χ3v) is 5.97. The highest BCUT2D eigenvalue weighted by Crippen LogP contribution is 2.29. The molecule has 1 aliphatic rings. The highest BCUT2D eigenvalue weighted by Gasteiger charge is 2.31. The highest BCUT2D eigenvalue weighted by molar-refractivity contribution is 7.89. The second kappa shape index (κ2) is 6.52. The smallest absolute Gasteiger partial charge is 0.243 e. The topological polar surface area (TPSA) is 72.6 Å². The molecule has 0 aliphatic carbocycles. The maximum Gasteiger partial charge on any atom is 0.243 e. The van der Waals surface area contributed by atoms with E-state index in [1.165, 1.54) is 16.4 Å². The predicted octanol–water partition coefficient (Wildman–Crippen LogP) is 2.42. The number of hydrogen-bond donors (Lipinski definition) is 1. The van der Waals surface area contributed by atoms with Crippen molar-refractivity contribution in [3.63, 3.8) is 0 Å². The van der Waals surface area contributed by atoms with Gasteiger partial charge in [-0.05, 0) is 44.4 Å². The van der Waals surface area contributed by atoms with Gasteiger partial charge in [0.15, 0.2) is 0 Å². The Hall–Kier alpha value is -0.820. The lowest BCUT2D eigenvalue weighted by molar-refractivity contribution is 0.0265. The normalized spacial score (nSPS) is 20.6. The number of halogens is 1. The second-order valence-electron chi connectivity index (χ2n) is 5.20. The average Bonchev–Trinajstić information content (AvgIpc) is 2.45. The first-order chi connectivity index (χ1) is 9.86. The van der Waals surface area contributed by atoms with Crippen molar-refractivity contribution in [3.05, 3.63) is 22.7 Å². The molecule has 1 saturated heterocycles. The molecule has 1 fully saturated rings. The Kier molecular flexibility index (Phi) is 5.14. The van der Waals surface area contributed by atoms with Crippen molar-refractivity contribution >= 4 is 27.3 Å². The summed E-state index contributed by atoms with van der Waals surface area (Å²) in [6.45, 7) is 5.13. The quantitative estimate of drug-likeness (QED) is 0.859. The van der Waals surface area contributed by atoms with Crippen LogP contribution in [0.15, 0.2) is 17.0 Å². The van der Waals surface area contributed by atoms with Crippen LogP contribution in [0, 0.1) is 6.92 Å². The van der Waals surface area contributed by atoms with Crippen LogP contribution in [-0.4, -0.2) is 38.5 Å². The molecule has 1 unspecified atom stereocenters. The third kappa shape index (κ3) is 3.51. The molecule has 7 heteroatoms. The summed E-state index contributed by atoms with van der Waals surface area (Å²) < 4.78 is 32.4. The van der Waals surface area contributed by atoms with E-state index in [9.17, 15) is 8.42 Å². The maximum absolute atomic E-state index is 12.7. The fourth-order valence-electron chi connectivity index (χ4n) is 2.47. The van der Waals surface area contributed by atoms with Crippen molar-refractivity contribution in [1.82, 2.24) is 4.31 Å². The first-order valence-electron chi connectivity index (χ1n) is 7.03. The number of rotatable bonds is 4. The Morgan fingerprint density at radius 2 is 2.19 bits per heavy atom. The molecule has 0 spiro atoms. The van der Waals surface area contributed by atoms with Crippen LogP contribution < -0.4 is 5.73 Å². The van der Waals surface area contributed by atoms with E-state index in [0.29, 0.717) is 36.0 Å². The molecule has 1 aromatic rings. The highest BCUT2D eigenvalue weighted by atomic mass is 35.5. The number of hydrogen-bond acceptors (Lipinski definition) is 4. The number of sulfonamides is 1. The van der Waals surface area contributed by atoms with Gasteiger partial charge < -0.3 is 10.5 Å². The van der Waals surface area contributed by atoms with Crippen LogP contribution in [-0.2, 0) is 14.8 Å². The molecule has 1 aromatic carbocycles. The Labute approximate surface area is 131 Å². The lowest BCUT2D eigenvalue weighted by atomic mass is 10.1. The summed E-state index contributed by atoms with van der Waals surface area (Å²) in [5.74, 6) is 0. The molecule has 1 heterocycles. The largest absolute Gasteiger partial charge is 0.398 e. The predicted molar refractivity (Wildman–Crippen MR) is 84.0 cm³/mol. The number of piperidine rings is 1. The Bertz CT molecular complexity index is 594. The summed E-state index contributed by atoms with van der Waals surface area (Å²) in [6.07, 6.45) is 1.63. The van der Waals surface area contributed by atoms with Crippen LogP contribution in [0.5, 0.6) is 0 Å². The molecule has 2 rings (SSSR count). The summed E-state index contributed by atoms with van der Waals surface area (Å²) in [4.78, 5) is 0.146. The average molecular weight is 333 g/mol. The molecule has 0 saturated carbocycles. The van der Waals surface area contributed by atoms with Crippen LogP contribution >= 0.6 is 11.6 Å². The van der Waals surface area contributed by atoms with Crippen molar-refractivity contribution in [2.24, 2.45) is 0 Å². The zero-order valence-electron chi connectivity index (χ0n) is 12.3. The molecule has 21 heavy (non-hydrogen) atoms. The van der Waals surface area contributed by atoms with Crippen molar-refractivity contribution in [3.8, 4) is 0 Å². The second-order valence-corrected chi connectivity index (χ2v) is 7.55. The van der Waals surface area contributed by atoms with Gasteiger partial charge in [0, 0.05) is 30.4 Å². The Balaban J connectivity index is 2.29. The number of nitrogens with two attached hydrogens (primary N) is 1. The molecule has 0 bridgehead atoms. The SMILES string of the molecule is CCOC1CCCN(S(=O)(=O)c2cc(N)c(C)c(Cl)c2)C1. The fraction of sp³-hybridized carbons (Fsp3) is 0.571. The standard InChI is InChI=1S/C14H21ClN2O3S/c1-3-20-11-5-4-6-17(9-11)21(18,19)12-7-13(15)10(2)14(16)8-12/h7-8,11H,3-6,9,16H2,1-2H3. The zero-order valence-corrected chi connectivity index (χ0v) is 13.9. The third-order valence-electron chi connectivity index (χ3n) is 3.74. The minimum Gasteiger partial charge on any atom is -0.398 e. The minimum absolute atomic E-state index is 0.0446. The van der Waals surface area contributed by atoms with Gasteiger partial charge in [-0.2, -0.15) is 4.31 Å². The van der Waals surface area contributed by atoms with Gasteiger partial charge in [-0.3, -0.25) is 0 Å². The molecule has 1 aliphatic heterocycles. The summed E-state index contributed by atoms with van der Waals surface area (Å²) in [7, 11) is -3.59. The van der Waals surface area contributed by atoms with E-state index in [2.05, 4.69) is 0 Å². The Morgan fingerprint density at radius 3 is 2.81 bits per heavy atom. The lowest BCUT2D eigenvalue weighted by Gasteiger charge is -2.31. The first-order valence-corrected chi connectivity index (χ1v) is 8.85. The van der Waals surface area contributed by atoms with Crippen LogP contribution in [0.25, 0.3) is 0 Å². The van der Waals surface area contributed by atoms with E-state index in [-0.39, 0.29) is 11.0 Å². The van der Waals surface area contributed by atoms with Gasteiger partial charge >= 0.3 is 0 Å². The number of nitrogen functional groups attached to an aromatic ring is 1. The van der Waals surface area contributed by atoms with Crippen LogP contribution in [0.4, 0.5) is 5.69 Å². The number of anilines is 1. The number of ether oxygens (including phenoxy) is 1. The van der Waals surface area contributed by atoms with E-state index in [1.54, 1.807) is 6.92 Å². The van der Waals surface area contributed by atoms with Crippen LogP contribution in [0.3, 0.4) is 0 Å². The van der Waals surface area contributed by atoms with Gasteiger partial charge in [-0.1, -0.05) is 11.6 Å². The minimum atomic E-state index is -3.59. The monoisotopic (exact) mass is 332 g/mol. The molecule has 0 amide bonds. The molecular formula is C14H21ClN2O3S. The van der Waals surface area contributed by atoms with Gasteiger partial charge in [0.05, 0.1) is 11.0 Å². The van der Waals surface area contributed by atoms with Gasteiger partial charge in [-0.25, -0.2) is 8.42 Å². The molecule has 5 nitrogen and oxygen atoms in total. The zero-order chi connectivity index (χ0) is 15.6. The summed E-state index contributed by atoms with van der Waals surface area (Å²) >= 11 is 6.05.